The predicted molar refractivity (Wildman–Crippen MR) is 98.6 cm³/mol. The lowest BCUT2D eigenvalue weighted by Crippen LogP contribution is -2.28. The first-order valence-electron chi connectivity index (χ1n) is 8.76. The van der Waals surface area contributed by atoms with Crippen LogP contribution in [0.25, 0.3) is 10.9 Å². The van der Waals surface area contributed by atoms with E-state index >= 15 is 0 Å². The van der Waals surface area contributed by atoms with Gasteiger partial charge in [-0.1, -0.05) is 30.3 Å². The van der Waals surface area contributed by atoms with Gasteiger partial charge >= 0.3 is 0 Å². The zero-order chi connectivity index (χ0) is 17.4. The van der Waals surface area contributed by atoms with Crippen molar-refractivity contribution in [1.29, 1.82) is 0 Å². The molecule has 1 aliphatic rings. The molecule has 128 valence electrons. The fourth-order valence-electron chi connectivity index (χ4n) is 3.85. The first-order chi connectivity index (χ1) is 12.1. The second kappa shape index (κ2) is 6.28. The smallest absolute Gasteiger partial charge is 0.219 e. The first-order valence-corrected chi connectivity index (χ1v) is 8.76. The fourth-order valence-corrected chi connectivity index (χ4v) is 3.85. The van der Waals surface area contributed by atoms with Crippen LogP contribution in [0.2, 0.25) is 0 Å². The van der Waals surface area contributed by atoms with Crippen molar-refractivity contribution in [1.82, 2.24) is 9.47 Å². The van der Waals surface area contributed by atoms with Gasteiger partial charge in [0.05, 0.1) is 0 Å². The summed E-state index contributed by atoms with van der Waals surface area (Å²) in [5, 5.41) is 11.0. The number of nitrogens with zero attached hydrogens (tertiary/aromatic N) is 2. The number of carbonyl (C=O) groups is 1. The number of amides is 1. The Morgan fingerprint density at radius 2 is 1.96 bits per heavy atom. The van der Waals surface area contributed by atoms with Gasteiger partial charge in [0.25, 0.3) is 0 Å². The van der Waals surface area contributed by atoms with Crippen molar-refractivity contribution in [2.45, 2.75) is 32.9 Å². The van der Waals surface area contributed by atoms with E-state index in [0.717, 1.165) is 36.8 Å². The van der Waals surface area contributed by atoms with Crippen LogP contribution in [0, 0.1) is 0 Å². The van der Waals surface area contributed by atoms with E-state index < -0.39 is 0 Å². The lowest BCUT2D eigenvalue weighted by molar-refractivity contribution is -0.129. The second-order valence-corrected chi connectivity index (χ2v) is 6.74. The molecule has 3 aromatic rings. The zero-order valence-electron chi connectivity index (χ0n) is 14.4. The van der Waals surface area contributed by atoms with Crippen molar-refractivity contribution in [2.75, 3.05) is 6.54 Å². The Kier molecular flexibility index (Phi) is 3.96. The molecule has 25 heavy (non-hydrogen) atoms. The van der Waals surface area contributed by atoms with Gasteiger partial charge in [-0.15, -0.1) is 0 Å². The van der Waals surface area contributed by atoms with Crippen LogP contribution in [0.4, 0.5) is 0 Å². The minimum Gasteiger partial charge on any atom is -0.508 e. The Hall–Kier alpha value is -2.75. The monoisotopic (exact) mass is 334 g/mol. The molecule has 0 bridgehead atoms. The number of rotatable bonds is 2. The van der Waals surface area contributed by atoms with Gasteiger partial charge < -0.3 is 14.6 Å². The summed E-state index contributed by atoms with van der Waals surface area (Å²) < 4.78 is 2.35. The maximum atomic E-state index is 11.9. The predicted octanol–water partition coefficient (Wildman–Crippen LogP) is 3.69. The van der Waals surface area contributed by atoms with E-state index in [1.54, 1.807) is 13.0 Å². The molecular formula is C21H22N2O2. The van der Waals surface area contributed by atoms with Crippen LogP contribution >= 0.6 is 0 Å². The lowest BCUT2D eigenvalue weighted by atomic mass is 10.1. The molecule has 1 amide bonds. The standard InChI is InChI=1S/C21H22N2O2/c1-15(24)22-11-5-8-20-19(14-22)18-12-17(25)9-10-21(18)23(20)13-16-6-3-2-4-7-16/h2-4,6-7,9-10,12,25H,5,8,11,13-14H2,1H3. The summed E-state index contributed by atoms with van der Waals surface area (Å²) in [5.74, 6) is 0.378. The molecule has 4 nitrogen and oxygen atoms in total. The molecule has 1 N–H and O–H groups in total. The third kappa shape index (κ3) is 2.88. The highest BCUT2D eigenvalue weighted by Gasteiger charge is 2.23. The summed E-state index contributed by atoms with van der Waals surface area (Å²) in [6.45, 7) is 3.84. The van der Waals surface area contributed by atoms with Crippen LogP contribution in [0.3, 0.4) is 0 Å². The topological polar surface area (TPSA) is 45.5 Å². The molecule has 4 heteroatoms. The van der Waals surface area contributed by atoms with Gasteiger partial charge in [-0.25, -0.2) is 0 Å². The third-order valence-corrected chi connectivity index (χ3v) is 5.09. The van der Waals surface area contributed by atoms with Crippen molar-refractivity contribution >= 4 is 16.8 Å². The first kappa shape index (κ1) is 15.8. The molecule has 0 unspecified atom stereocenters. The van der Waals surface area contributed by atoms with Crippen LogP contribution in [-0.2, 0) is 24.3 Å². The molecular weight excluding hydrogens is 312 g/mol. The van der Waals surface area contributed by atoms with Gasteiger partial charge in [0, 0.05) is 48.7 Å². The number of hydrogen-bond donors (Lipinski definition) is 1. The Morgan fingerprint density at radius 1 is 1.16 bits per heavy atom. The van der Waals surface area contributed by atoms with Crippen molar-refractivity contribution in [2.24, 2.45) is 0 Å². The largest absolute Gasteiger partial charge is 0.508 e. The summed E-state index contributed by atoms with van der Waals surface area (Å²) >= 11 is 0. The molecule has 4 rings (SSSR count). The average molecular weight is 334 g/mol. The van der Waals surface area contributed by atoms with Gasteiger partial charge in [0.2, 0.25) is 5.91 Å². The summed E-state index contributed by atoms with van der Waals surface area (Å²) in [4.78, 5) is 13.8. The Morgan fingerprint density at radius 3 is 2.72 bits per heavy atom. The number of phenols is 1. The highest BCUT2D eigenvalue weighted by atomic mass is 16.3. The fraction of sp³-hybridized carbons (Fsp3) is 0.286. The van der Waals surface area contributed by atoms with Crippen LogP contribution < -0.4 is 0 Å². The Balaban J connectivity index is 1.88. The Labute approximate surface area is 147 Å². The molecule has 0 spiro atoms. The number of benzene rings is 2. The van der Waals surface area contributed by atoms with Crippen molar-refractivity contribution in [3.05, 3.63) is 65.4 Å². The minimum atomic E-state index is 0.108. The number of aromatic hydroxyl groups is 1. The maximum absolute atomic E-state index is 11.9. The summed E-state index contributed by atoms with van der Waals surface area (Å²) in [6, 6.07) is 16.0. The van der Waals surface area contributed by atoms with Gasteiger partial charge in [0.15, 0.2) is 0 Å². The summed E-state index contributed by atoms with van der Waals surface area (Å²) in [7, 11) is 0. The van der Waals surface area contributed by atoms with Gasteiger partial charge in [0.1, 0.15) is 5.75 Å². The van der Waals surface area contributed by atoms with E-state index in [2.05, 4.69) is 28.8 Å². The van der Waals surface area contributed by atoms with Crippen LogP contribution in [0.1, 0.15) is 30.2 Å². The van der Waals surface area contributed by atoms with E-state index in [1.165, 1.54) is 16.8 Å². The molecule has 0 saturated heterocycles. The highest BCUT2D eigenvalue weighted by Crippen LogP contribution is 2.33. The number of hydrogen-bond acceptors (Lipinski definition) is 2. The number of carbonyl (C=O) groups excluding carboxylic acids is 1. The quantitative estimate of drug-likeness (QED) is 0.777. The molecule has 0 fully saturated rings. The van der Waals surface area contributed by atoms with Gasteiger partial charge in [-0.3, -0.25) is 4.79 Å². The van der Waals surface area contributed by atoms with Crippen molar-refractivity contribution in [3.63, 3.8) is 0 Å². The van der Waals surface area contributed by atoms with Crippen LogP contribution in [0.15, 0.2) is 48.5 Å². The molecule has 0 radical (unpaired) electrons. The molecule has 1 aliphatic heterocycles. The molecule has 2 heterocycles. The summed E-state index contributed by atoms with van der Waals surface area (Å²) in [5.41, 5.74) is 4.84. The average Bonchev–Trinajstić information content (AvgIpc) is 2.76. The van der Waals surface area contributed by atoms with Crippen molar-refractivity contribution in [3.8, 4) is 5.75 Å². The van der Waals surface area contributed by atoms with Gasteiger partial charge in [-0.05, 0) is 36.6 Å². The highest BCUT2D eigenvalue weighted by molar-refractivity contribution is 5.87. The van der Waals surface area contributed by atoms with E-state index in [4.69, 9.17) is 0 Å². The normalized spacial score (nSPS) is 14.4. The van der Waals surface area contributed by atoms with E-state index in [0.29, 0.717) is 6.54 Å². The Bertz CT molecular complexity index is 928. The maximum Gasteiger partial charge on any atom is 0.219 e. The van der Waals surface area contributed by atoms with E-state index in [9.17, 15) is 9.90 Å². The van der Waals surface area contributed by atoms with Crippen LogP contribution in [0.5, 0.6) is 5.75 Å². The zero-order valence-corrected chi connectivity index (χ0v) is 14.4. The number of aromatic nitrogens is 1. The van der Waals surface area contributed by atoms with Gasteiger partial charge in [-0.2, -0.15) is 0 Å². The lowest BCUT2D eigenvalue weighted by Gasteiger charge is -2.18. The summed E-state index contributed by atoms with van der Waals surface area (Å²) in [6.07, 6.45) is 1.91. The SMILES string of the molecule is CC(=O)N1CCCc2c(c3cc(O)ccc3n2Cc2ccccc2)C1. The number of fused-ring (bicyclic) bond motifs is 3. The molecule has 2 aromatic carbocycles. The molecule has 0 aliphatic carbocycles. The molecule has 0 saturated carbocycles. The van der Waals surface area contributed by atoms with Crippen LogP contribution in [-0.4, -0.2) is 27.0 Å². The third-order valence-electron chi connectivity index (χ3n) is 5.09. The van der Waals surface area contributed by atoms with Crippen molar-refractivity contribution < 1.29 is 9.90 Å². The van der Waals surface area contributed by atoms with E-state index in [-0.39, 0.29) is 11.7 Å². The second-order valence-electron chi connectivity index (χ2n) is 6.74. The van der Waals surface area contributed by atoms with E-state index in [1.807, 2.05) is 23.1 Å². The minimum absolute atomic E-state index is 0.108. The molecule has 0 atom stereocenters. The number of phenolic OH excluding ortho intramolecular Hbond substituents is 1. The molecule has 1 aromatic heterocycles.